The van der Waals surface area contributed by atoms with E-state index < -0.39 is 0 Å². The minimum absolute atomic E-state index is 0.128. The van der Waals surface area contributed by atoms with Crippen molar-refractivity contribution in [3.8, 4) is 0 Å². The summed E-state index contributed by atoms with van der Waals surface area (Å²) in [5, 5.41) is 0. The van der Waals surface area contributed by atoms with Crippen molar-refractivity contribution >= 4 is 11.9 Å². The first-order valence-electron chi connectivity index (χ1n) is 6.75. The average Bonchev–Trinajstić information content (AvgIpc) is 2.54. The highest BCUT2D eigenvalue weighted by molar-refractivity contribution is 5.76. The molecule has 1 rings (SSSR count). The number of rotatable bonds is 7. The molecule has 0 aromatic rings. The molecule has 1 aliphatic rings. The lowest BCUT2D eigenvalue weighted by molar-refractivity contribution is -0.143. The third-order valence-corrected chi connectivity index (χ3v) is 2.93. The van der Waals surface area contributed by atoms with Gasteiger partial charge in [-0.05, 0) is 19.8 Å². The van der Waals surface area contributed by atoms with Gasteiger partial charge < -0.3 is 14.4 Å². The fourth-order valence-corrected chi connectivity index (χ4v) is 1.94. The fourth-order valence-electron chi connectivity index (χ4n) is 1.94. The van der Waals surface area contributed by atoms with Gasteiger partial charge >= 0.3 is 5.97 Å². The first kappa shape index (κ1) is 15.0. The lowest BCUT2D eigenvalue weighted by atomic mass is 10.2. The van der Waals surface area contributed by atoms with Crippen LogP contribution in [0, 0.1) is 0 Å². The molecule has 1 heterocycles. The summed E-state index contributed by atoms with van der Waals surface area (Å²) in [5.41, 5.74) is 0. The van der Waals surface area contributed by atoms with E-state index in [2.05, 4.69) is 0 Å². The minimum atomic E-state index is -0.128. The number of carbonyl (C=O) groups excluding carboxylic acids is 2. The molecule has 1 amide bonds. The number of carbonyl (C=O) groups is 2. The molecule has 0 atom stereocenters. The normalized spacial score (nSPS) is 16.5. The van der Waals surface area contributed by atoms with Gasteiger partial charge in [-0.1, -0.05) is 6.42 Å². The molecule has 5 nitrogen and oxygen atoms in total. The standard InChI is InChI=1S/C13H23NO4/c1-2-18-13(16)6-4-3-5-8-14-9-11-17-10-7-12(14)15/h2-11H2,1H3. The van der Waals surface area contributed by atoms with Crippen LogP contribution < -0.4 is 0 Å². The first-order valence-corrected chi connectivity index (χ1v) is 6.75. The van der Waals surface area contributed by atoms with Crippen LogP contribution in [0.2, 0.25) is 0 Å². The van der Waals surface area contributed by atoms with E-state index in [1.165, 1.54) is 0 Å². The average molecular weight is 257 g/mol. The van der Waals surface area contributed by atoms with Crippen LogP contribution in [0.5, 0.6) is 0 Å². The maximum atomic E-state index is 11.6. The molecule has 1 aliphatic heterocycles. The summed E-state index contributed by atoms with van der Waals surface area (Å²) in [7, 11) is 0. The van der Waals surface area contributed by atoms with Gasteiger partial charge in [0.1, 0.15) is 0 Å². The van der Waals surface area contributed by atoms with Crippen molar-refractivity contribution in [3.05, 3.63) is 0 Å². The van der Waals surface area contributed by atoms with E-state index in [0.29, 0.717) is 39.2 Å². The smallest absolute Gasteiger partial charge is 0.305 e. The van der Waals surface area contributed by atoms with Gasteiger partial charge in [-0.2, -0.15) is 0 Å². The van der Waals surface area contributed by atoms with Gasteiger partial charge in [0.2, 0.25) is 5.91 Å². The van der Waals surface area contributed by atoms with Crippen molar-refractivity contribution in [2.24, 2.45) is 0 Å². The third kappa shape index (κ3) is 6.00. The number of ether oxygens (including phenoxy) is 2. The van der Waals surface area contributed by atoms with E-state index in [9.17, 15) is 9.59 Å². The Kier molecular flexibility index (Phi) is 7.41. The van der Waals surface area contributed by atoms with Crippen LogP contribution in [0.15, 0.2) is 0 Å². The van der Waals surface area contributed by atoms with Crippen molar-refractivity contribution in [1.29, 1.82) is 0 Å². The molecule has 5 heteroatoms. The van der Waals surface area contributed by atoms with Crippen molar-refractivity contribution in [3.63, 3.8) is 0 Å². The molecule has 0 aliphatic carbocycles. The van der Waals surface area contributed by atoms with E-state index in [4.69, 9.17) is 9.47 Å². The summed E-state index contributed by atoms with van der Waals surface area (Å²) >= 11 is 0. The highest BCUT2D eigenvalue weighted by Crippen LogP contribution is 2.06. The molecule has 18 heavy (non-hydrogen) atoms. The number of esters is 1. The quantitative estimate of drug-likeness (QED) is 0.510. The van der Waals surface area contributed by atoms with Gasteiger partial charge in [-0.15, -0.1) is 0 Å². The predicted octanol–water partition coefficient (Wildman–Crippen LogP) is 1.36. The Bertz CT molecular complexity index is 268. The second kappa shape index (κ2) is 8.91. The van der Waals surface area contributed by atoms with E-state index in [1.807, 2.05) is 11.8 Å². The summed E-state index contributed by atoms with van der Waals surface area (Å²) in [6.45, 7) is 4.89. The van der Waals surface area contributed by atoms with Gasteiger partial charge in [0.25, 0.3) is 0 Å². The number of hydrogen-bond donors (Lipinski definition) is 0. The summed E-state index contributed by atoms with van der Waals surface area (Å²) in [5.74, 6) is 0.0506. The summed E-state index contributed by atoms with van der Waals surface area (Å²) in [4.78, 5) is 24.6. The Morgan fingerprint density at radius 1 is 1.33 bits per heavy atom. The molecule has 0 aromatic carbocycles. The highest BCUT2D eigenvalue weighted by Gasteiger charge is 2.15. The Morgan fingerprint density at radius 3 is 2.94 bits per heavy atom. The van der Waals surface area contributed by atoms with Crippen LogP contribution in [-0.4, -0.2) is 49.7 Å². The van der Waals surface area contributed by atoms with E-state index in [0.717, 1.165) is 25.8 Å². The molecule has 1 fully saturated rings. The van der Waals surface area contributed by atoms with Crippen LogP contribution in [0.1, 0.15) is 39.0 Å². The van der Waals surface area contributed by atoms with Gasteiger partial charge in [0, 0.05) is 19.5 Å². The van der Waals surface area contributed by atoms with Gasteiger partial charge in [-0.3, -0.25) is 9.59 Å². The third-order valence-electron chi connectivity index (χ3n) is 2.93. The molecule has 0 saturated carbocycles. The van der Waals surface area contributed by atoms with Crippen LogP contribution in [-0.2, 0) is 19.1 Å². The van der Waals surface area contributed by atoms with Crippen LogP contribution in [0.4, 0.5) is 0 Å². The zero-order valence-corrected chi connectivity index (χ0v) is 11.2. The molecule has 1 saturated heterocycles. The minimum Gasteiger partial charge on any atom is -0.466 e. The van der Waals surface area contributed by atoms with Crippen LogP contribution >= 0.6 is 0 Å². The monoisotopic (exact) mass is 257 g/mol. The second-order valence-electron chi connectivity index (χ2n) is 4.36. The van der Waals surface area contributed by atoms with E-state index in [-0.39, 0.29) is 11.9 Å². The Balaban J connectivity index is 2.06. The van der Waals surface area contributed by atoms with E-state index in [1.54, 1.807) is 0 Å². The van der Waals surface area contributed by atoms with E-state index >= 15 is 0 Å². The molecule has 0 aromatic heterocycles. The molecule has 0 spiro atoms. The Hall–Kier alpha value is -1.10. The number of unbranched alkanes of at least 4 members (excludes halogenated alkanes) is 2. The molecular weight excluding hydrogens is 234 g/mol. The molecule has 0 bridgehead atoms. The summed E-state index contributed by atoms with van der Waals surface area (Å²) < 4.78 is 10.1. The zero-order chi connectivity index (χ0) is 13.2. The second-order valence-corrected chi connectivity index (χ2v) is 4.36. The lowest BCUT2D eigenvalue weighted by Crippen LogP contribution is -2.32. The summed E-state index contributed by atoms with van der Waals surface area (Å²) in [6.07, 6.45) is 3.68. The topological polar surface area (TPSA) is 55.8 Å². The van der Waals surface area contributed by atoms with Crippen molar-refractivity contribution in [2.75, 3.05) is 32.9 Å². The molecular formula is C13H23NO4. The fraction of sp³-hybridized carbons (Fsp3) is 0.846. The SMILES string of the molecule is CCOC(=O)CCCCCN1CCOCCC1=O. The van der Waals surface area contributed by atoms with Gasteiger partial charge in [0.15, 0.2) is 0 Å². The maximum absolute atomic E-state index is 11.6. The molecule has 0 unspecified atom stereocenters. The highest BCUT2D eigenvalue weighted by atomic mass is 16.5. The van der Waals surface area contributed by atoms with Crippen molar-refractivity contribution < 1.29 is 19.1 Å². The first-order chi connectivity index (χ1) is 8.74. The Labute approximate surface area is 108 Å². The van der Waals surface area contributed by atoms with Gasteiger partial charge in [-0.25, -0.2) is 0 Å². The predicted molar refractivity (Wildman–Crippen MR) is 67.1 cm³/mol. The lowest BCUT2D eigenvalue weighted by Gasteiger charge is -2.19. The number of amides is 1. The largest absolute Gasteiger partial charge is 0.466 e. The molecule has 0 radical (unpaired) electrons. The maximum Gasteiger partial charge on any atom is 0.305 e. The van der Waals surface area contributed by atoms with Gasteiger partial charge in [0.05, 0.1) is 26.2 Å². The number of hydrogen-bond acceptors (Lipinski definition) is 4. The summed E-state index contributed by atoms with van der Waals surface area (Å²) in [6, 6.07) is 0. The zero-order valence-electron chi connectivity index (χ0n) is 11.2. The van der Waals surface area contributed by atoms with Crippen LogP contribution in [0.3, 0.4) is 0 Å². The molecule has 104 valence electrons. The molecule has 0 N–H and O–H groups in total. The van der Waals surface area contributed by atoms with Crippen LogP contribution in [0.25, 0.3) is 0 Å². The van der Waals surface area contributed by atoms with Crippen molar-refractivity contribution in [2.45, 2.75) is 39.0 Å². The Morgan fingerprint density at radius 2 is 2.17 bits per heavy atom. The number of nitrogens with zero attached hydrogens (tertiary/aromatic N) is 1. The van der Waals surface area contributed by atoms with Crippen molar-refractivity contribution in [1.82, 2.24) is 4.90 Å².